The van der Waals surface area contributed by atoms with E-state index >= 15 is 0 Å². The standard InChI is InChI=1S/C18H18F3NO/c19-18(20,21)15-8-12(6-13(9-15)10-23)5-11-1-3-16-14(7-11)2-4-17(16)22/h1,6-9,16,22-23H,2-5,10H2. The Kier molecular flexibility index (Phi) is 4.15. The van der Waals surface area contributed by atoms with Crippen LogP contribution < -0.4 is 0 Å². The lowest BCUT2D eigenvalue weighted by Gasteiger charge is -2.18. The van der Waals surface area contributed by atoms with Crippen molar-refractivity contribution in [3.63, 3.8) is 0 Å². The number of alkyl halides is 3. The molecule has 1 saturated carbocycles. The molecular weight excluding hydrogens is 303 g/mol. The van der Waals surface area contributed by atoms with E-state index in [9.17, 15) is 18.3 Å². The molecule has 1 unspecified atom stereocenters. The van der Waals surface area contributed by atoms with Gasteiger partial charge in [-0.05, 0) is 54.5 Å². The highest BCUT2D eigenvalue weighted by molar-refractivity contribution is 5.90. The van der Waals surface area contributed by atoms with Gasteiger partial charge < -0.3 is 10.5 Å². The van der Waals surface area contributed by atoms with E-state index in [4.69, 9.17) is 5.41 Å². The summed E-state index contributed by atoms with van der Waals surface area (Å²) in [7, 11) is 0. The van der Waals surface area contributed by atoms with E-state index < -0.39 is 18.3 Å². The van der Waals surface area contributed by atoms with Crippen LogP contribution in [0.25, 0.3) is 0 Å². The molecule has 1 atom stereocenters. The Hall–Kier alpha value is -1.88. The lowest BCUT2D eigenvalue weighted by Crippen LogP contribution is -2.10. The maximum absolute atomic E-state index is 13.0. The third kappa shape index (κ3) is 3.39. The first kappa shape index (κ1) is 16.0. The smallest absolute Gasteiger partial charge is 0.392 e. The summed E-state index contributed by atoms with van der Waals surface area (Å²) >= 11 is 0. The van der Waals surface area contributed by atoms with E-state index in [1.807, 2.05) is 12.2 Å². The summed E-state index contributed by atoms with van der Waals surface area (Å²) < 4.78 is 38.9. The second-order valence-electron chi connectivity index (χ2n) is 6.18. The van der Waals surface area contributed by atoms with Crippen molar-refractivity contribution in [2.24, 2.45) is 5.92 Å². The minimum Gasteiger partial charge on any atom is -0.392 e. The summed E-state index contributed by atoms with van der Waals surface area (Å²) in [5.41, 5.74) is 3.09. The van der Waals surface area contributed by atoms with Gasteiger partial charge in [0.1, 0.15) is 0 Å². The van der Waals surface area contributed by atoms with Gasteiger partial charge in [0.15, 0.2) is 0 Å². The van der Waals surface area contributed by atoms with E-state index in [1.165, 1.54) is 5.57 Å². The van der Waals surface area contributed by atoms with Crippen molar-refractivity contribution in [2.45, 2.75) is 38.5 Å². The third-order valence-corrected chi connectivity index (χ3v) is 4.51. The van der Waals surface area contributed by atoms with Crippen LogP contribution in [-0.2, 0) is 19.2 Å². The Morgan fingerprint density at radius 1 is 1.13 bits per heavy atom. The van der Waals surface area contributed by atoms with Gasteiger partial charge in [-0.2, -0.15) is 13.2 Å². The van der Waals surface area contributed by atoms with Crippen molar-refractivity contribution in [1.82, 2.24) is 0 Å². The third-order valence-electron chi connectivity index (χ3n) is 4.51. The summed E-state index contributed by atoms with van der Waals surface area (Å²) in [5.74, 6) is 0.202. The average Bonchev–Trinajstić information content (AvgIpc) is 2.87. The number of hydrogen-bond donors (Lipinski definition) is 2. The predicted octanol–water partition coefficient (Wildman–Crippen LogP) is 4.43. The van der Waals surface area contributed by atoms with E-state index in [0.717, 1.165) is 42.7 Å². The minimum absolute atomic E-state index is 0.202. The molecule has 122 valence electrons. The fourth-order valence-corrected chi connectivity index (χ4v) is 3.36. The van der Waals surface area contributed by atoms with Crippen LogP contribution >= 0.6 is 0 Å². The van der Waals surface area contributed by atoms with Crippen molar-refractivity contribution in [1.29, 1.82) is 5.41 Å². The Morgan fingerprint density at radius 3 is 2.57 bits per heavy atom. The zero-order chi connectivity index (χ0) is 16.6. The molecule has 0 spiro atoms. The van der Waals surface area contributed by atoms with E-state index in [1.54, 1.807) is 6.07 Å². The second-order valence-corrected chi connectivity index (χ2v) is 6.18. The Labute approximate surface area is 132 Å². The fraction of sp³-hybridized carbons (Fsp3) is 0.389. The number of nitrogens with one attached hydrogen (secondary N) is 1. The molecule has 2 nitrogen and oxygen atoms in total. The highest BCUT2D eigenvalue weighted by atomic mass is 19.4. The number of aliphatic hydroxyl groups excluding tert-OH is 1. The molecule has 0 aliphatic heterocycles. The van der Waals surface area contributed by atoms with Crippen LogP contribution in [0.2, 0.25) is 0 Å². The van der Waals surface area contributed by atoms with E-state index in [0.29, 0.717) is 12.0 Å². The molecule has 2 aliphatic carbocycles. The first-order valence-electron chi connectivity index (χ1n) is 7.64. The maximum atomic E-state index is 13.0. The van der Waals surface area contributed by atoms with Crippen molar-refractivity contribution < 1.29 is 18.3 Å². The summed E-state index contributed by atoms with van der Waals surface area (Å²) in [4.78, 5) is 0. The summed E-state index contributed by atoms with van der Waals surface area (Å²) in [6, 6.07) is 3.77. The highest BCUT2D eigenvalue weighted by Gasteiger charge is 2.31. The van der Waals surface area contributed by atoms with Gasteiger partial charge in [-0.25, -0.2) is 0 Å². The largest absolute Gasteiger partial charge is 0.416 e. The SMILES string of the molecule is N=C1CCC2=CC(Cc3cc(CO)cc(C(F)(F)F)c3)=CCC12. The number of rotatable bonds is 3. The topological polar surface area (TPSA) is 44.1 Å². The lowest BCUT2D eigenvalue weighted by molar-refractivity contribution is -0.137. The quantitative estimate of drug-likeness (QED) is 0.850. The molecule has 0 aromatic heterocycles. The van der Waals surface area contributed by atoms with Crippen LogP contribution in [0.4, 0.5) is 13.2 Å². The first-order chi connectivity index (χ1) is 10.9. The van der Waals surface area contributed by atoms with Crippen molar-refractivity contribution in [3.05, 3.63) is 58.2 Å². The van der Waals surface area contributed by atoms with Crippen molar-refractivity contribution >= 4 is 5.71 Å². The molecule has 0 bridgehead atoms. The van der Waals surface area contributed by atoms with Crippen LogP contribution in [0.15, 0.2) is 41.5 Å². The normalized spacial score (nSPS) is 21.0. The maximum Gasteiger partial charge on any atom is 0.416 e. The zero-order valence-corrected chi connectivity index (χ0v) is 12.6. The fourth-order valence-electron chi connectivity index (χ4n) is 3.36. The van der Waals surface area contributed by atoms with Gasteiger partial charge >= 0.3 is 6.18 Å². The predicted molar refractivity (Wildman–Crippen MR) is 82.3 cm³/mol. The molecule has 3 rings (SSSR count). The van der Waals surface area contributed by atoms with Gasteiger partial charge in [0.25, 0.3) is 0 Å². The molecule has 0 saturated heterocycles. The average molecular weight is 321 g/mol. The van der Waals surface area contributed by atoms with Gasteiger partial charge in [-0.1, -0.05) is 23.8 Å². The number of allylic oxidation sites excluding steroid dienone is 4. The highest BCUT2D eigenvalue weighted by Crippen LogP contribution is 2.37. The molecule has 23 heavy (non-hydrogen) atoms. The molecule has 2 aliphatic rings. The first-order valence-corrected chi connectivity index (χ1v) is 7.64. The Morgan fingerprint density at radius 2 is 1.87 bits per heavy atom. The van der Waals surface area contributed by atoms with E-state index in [-0.39, 0.29) is 11.5 Å². The van der Waals surface area contributed by atoms with Crippen molar-refractivity contribution in [2.75, 3.05) is 0 Å². The van der Waals surface area contributed by atoms with Crippen LogP contribution in [0.5, 0.6) is 0 Å². The Balaban J connectivity index is 1.85. The van der Waals surface area contributed by atoms with Crippen molar-refractivity contribution in [3.8, 4) is 0 Å². The molecule has 1 fully saturated rings. The van der Waals surface area contributed by atoms with Crippen LogP contribution in [0.3, 0.4) is 0 Å². The summed E-state index contributed by atoms with van der Waals surface area (Å²) in [5, 5.41) is 17.1. The minimum atomic E-state index is -4.41. The van der Waals surface area contributed by atoms with Crippen LogP contribution in [0.1, 0.15) is 36.0 Å². The lowest BCUT2D eigenvalue weighted by atomic mass is 9.87. The number of hydrogen-bond acceptors (Lipinski definition) is 2. The van der Waals surface area contributed by atoms with Gasteiger partial charge in [-0.15, -0.1) is 0 Å². The second kappa shape index (κ2) is 5.96. The molecule has 2 N–H and O–H groups in total. The van der Waals surface area contributed by atoms with Gasteiger partial charge in [0.05, 0.1) is 12.2 Å². The number of fused-ring (bicyclic) bond motifs is 1. The van der Waals surface area contributed by atoms with Gasteiger partial charge in [0, 0.05) is 11.6 Å². The zero-order valence-electron chi connectivity index (χ0n) is 12.6. The Bertz CT molecular complexity index is 701. The summed E-state index contributed by atoms with van der Waals surface area (Å²) in [6.45, 7) is -0.406. The molecule has 0 heterocycles. The van der Waals surface area contributed by atoms with E-state index in [2.05, 4.69) is 0 Å². The monoisotopic (exact) mass is 321 g/mol. The molecular formula is C18H18F3NO. The van der Waals surface area contributed by atoms with Crippen LogP contribution in [0, 0.1) is 11.3 Å². The van der Waals surface area contributed by atoms with Gasteiger partial charge in [-0.3, -0.25) is 0 Å². The number of aliphatic hydroxyl groups is 1. The molecule has 5 heteroatoms. The van der Waals surface area contributed by atoms with Crippen LogP contribution in [-0.4, -0.2) is 10.8 Å². The molecule has 1 aromatic rings. The molecule has 1 aromatic carbocycles. The number of benzene rings is 1. The molecule has 0 amide bonds. The molecule has 0 radical (unpaired) electrons. The summed E-state index contributed by atoms with van der Waals surface area (Å²) in [6.07, 6.45) is 2.50. The van der Waals surface area contributed by atoms with Gasteiger partial charge in [0.2, 0.25) is 0 Å². The number of halogens is 3.